The van der Waals surface area contributed by atoms with Gasteiger partial charge in [0.1, 0.15) is 5.60 Å². The summed E-state index contributed by atoms with van der Waals surface area (Å²) in [7, 11) is 0. The highest BCUT2D eigenvalue weighted by Crippen LogP contribution is 2.36. The molecule has 4 nitrogen and oxygen atoms in total. The van der Waals surface area contributed by atoms with Crippen LogP contribution in [-0.2, 0) is 19.3 Å². The SMILES string of the molecule is CCCCC(CCC1(C)OO1)C(=O)OC(C)(C)C(C)C. The quantitative estimate of drug-likeness (QED) is 0.361. The number of carbonyl (C=O) groups is 1. The third kappa shape index (κ3) is 5.41. The molecule has 0 aromatic rings. The average molecular weight is 286 g/mol. The number of carbonyl (C=O) groups excluding carboxylic acids is 1. The van der Waals surface area contributed by atoms with Crippen molar-refractivity contribution in [3.05, 3.63) is 0 Å². The highest BCUT2D eigenvalue weighted by molar-refractivity contribution is 5.72. The van der Waals surface area contributed by atoms with Gasteiger partial charge in [0.05, 0.1) is 5.92 Å². The van der Waals surface area contributed by atoms with Crippen LogP contribution in [0.2, 0.25) is 0 Å². The van der Waals surface area contributed by atoms with E-state index in [1.165, 1.54) is 0 Å². The van der Waals surface area contributed by atoms with Crippen LogP contribution in [0.25, 0.3) is 0 Å². The molecule has 0 saturated carbocycles. The van der Waals surface area contributed by atoms with Crippen molar-refractivity contribution in [2.45, 2.75) is 85.0 Å². The predicted molar refractivity (Wildman–Crippen MR) is 77.8 cm³/mol. The first-order valence-corrected chi connectivity index (χ1v) is 7.80. The summed E-state index contributed by atoms with van der Waals surface area (Å²) in [5, 5.41) is 0. The number of rotatable bonds is 9. The lowest BCUT2D eigenvalue weighted by Gasteiger charge is -2.31. The highest BCUT2D eigenvalue weighted by Gasteiger charge is 2.44. The molecule has 1 aliphatic heterocycles. The van der Waals surface area contributed by atoms with Gasteiger partial charge in [0, 0.05) is 6.42 Å². The third-order valence-corrected chi connectivity index (χ3v) is 4.31. The minimum absolute atomic E-state index is 0.0578. The molecule has 1 aliphatic rings. The maximum Gasteiger partial charge on any atom is 0.309 e. The fourth-order valence-electron chi connectivity index (χ4n) is 1.88. The minimum Gasteiger partial charge on any atom is -0.459 e. The van der Waals surface area contributed by atoms with Gasteiger partial charge in [-0.15, -0.1) is 0 Å². The van der Waals surface area contributed by atoms with Crippen LogP contribution in [-0.4, -0.2) is 17.4 Å². The second-order valence-corrected chi connectivity index (χ2v) is 6.86. The molecule has 0 aromatic carbocycles. The predicted octanol–water partition coefficient (Wildman–Crippen LogP) is 4.23. The van der Waals surface area contributed by atoms with Crippen molar-refractivity contribution >= 4 is 5.97 Å². The standard InChI is InChI=1S/C16H30O4/c1-7-8-9-13(10-11-16(6)19-20-16)14(17)18-15(4,5)12(2)3/h12-13H,7-11H2,1-6H3. The number of unbranched alkanes of at least 4 members (excludes halogenated alkanes) is 1. The van der Waals surface area contributed by atoms with Gasteiger partial charge in [-0.25, -0.2) is 0 Å². The minimum atomic E-state index is -0.474. The molecule has 118 valence electrons. The summed E-state index contributed by atoms with van der Waals surface area (Å²) in [6.07, 6.45) is 4.49. The molecule has 0 N–H and O–H groups in total. The summed E-state index contributed by atoms with van der Waals surface area (Å²) in [4.78, 5) is 22.2. The zero-order valence-corrected chi connectivity index (χ0v) is 13.8. The van der Waals surface area contributed by atoms with E-state index in [4.69, 9.17) is 14.5 Å². The van der Waals surface area contributed by atoms with Crippen molar-refractivity contribution in [3.8, 4) is 0 Å². The molecular formula is C16H30O4. The Morgan fingerprint density at radius 3 is 2.30 bits per heavy atom. The van der Waals surface area contributed by atoms with E-state index < -0.39 is 11.4 Å². The topological polar surface area (TPSA) is 51.4 Å². The number of hydrogen-bond acceptors (Lipinski definition) is 4. The van der Waals surface area contributed by atoms with Crippen LogP contribution in [0.15, 0.2) is 0 Å². The van der Waals surface area contributed by atoms with Crippen molar-refractivity contribution < 1.29 is 19.3 Å². The molecule has 1 heterocycles. The number of ether oxygens (including phenoxy) is 1. The first-order valence-electron chi connectivity index (χ1n) is 7.80. The van der Waals surface area contributed by atoms with Crippen molar-refractivity contribution in [2.75, 3.05) is 0 Å². The van der Waals surface area contributed by atoms with E-state index >= 15 is 0 Å². The Bertz CT molecular complexity index is 318. The lowest BCUT2D eigenvalue weighted by atomic mass is 9.92. The van der Waals surface area contributed by atoms with E-state index in [0.717, 1.165) is 32.1 Å². The summed E-state index contributed by atoms with van der Waals surface area (Å²) >= 11 is 0. The van der Waals surface area contributed by atoms with Crippen molar-refractivity contribution in [1.29, 1.82) is 0 Å². The first kappa shape index (κ1) is 17.4. The van der Waals surface area contributed by atoms with Crippen LogP contribution < -0.4 is 0 Å². The molecule has 0 aliphatic carbocycles. The third-order valence-electron chi connectivity index (χ3n) is 4.31. The maximum atomic E-state index is 12.4. The molecule has 0 radical (unpaired) electrons. The van der Waals surface area contributed by atoms with Crippen molar-refractivity contribution in [1.82, 2.24) is 0 Å². The van der Waals surface area contributed by atoms with E-state index in [2.05, 4.69) is 20.8 Å². The number of hydrogen-bond donors (Lipinski definition) is 0. The van der Waals surface area contributed by atoms with E-state index in [-0.39, 0.29) is 11.9 Å². The van der Waals surface area contributed by atoms with Crippen LogP contribution in [0.4, 0.5) is 0 Å². The summed E-state index contributed by atoms with van der Waals surface area (Å²) in [5.41, 5.74) is -0.419. The Kier molecular flexibility index (Phi) is 6.02. The molecule has 0 bridgehead atoms. The highest BCUT2D eigenvalue weighted by atomic mass is 17.4. The Morgan fingerprint density at radius 1 is 1.25 bits per heavy atom. The molecule has 1 rings (SSSR count). The van der Waals surface area contributed by atoms with Gasteiger partial charge in [-0.1, -0.05) is 33.6 Å². The Balaban J connectivity index is 2.54. The van der Waals surface area contributed by atoms with Crippen LogP contribution in [0.5, 0.6) is 0 Å². The molecule has 0 amide bonds. The smallest absolute Gasteiger partial charge is 0.309 e. The fraction of sp³-hybridized carbons (Fsp3) is 0.938. The average Bonchev–Trinajstić information content (AvgIpc) is 3.06. The lowest BCUT2D eigenvalue weighted by molar-refractivity contribution is -0.166. The molecule has 1 atom stereocenters. The van der Waals surface area contributed by atoms with Crippen LogP contribution in [0.1, 0.15) is 73.6 Å². The molecule has 1 saturated heterocycles. The van der Waals surface area contributed by atoms with Gasteiger partial charge >= 0.3 is 5.97 Å². The van der Waals surface area contributed by atoms with E-state index in [1.807, 2.05) is 20.8 Å². The Hall–Kier alpha value is -0.610. The summed E-state index contributed by atoms with van der Waals surface area (Å²) < 4.78 is 5.72. The van der Waals surface area contributed by atoms with Gasteiger partial charge in [0.25, 0.3) is 0 Å². The van der Waals surface area contributed by atoms with E-state index in [9.17, 15) is 4.79 Å². The zero-order chi connectivity index (χ0) is 15.4. The number of esters is 1. The largest absolute Gasteiger partial charge is 0.459 e. The van der Waals surface area contributed by atoms with Gasteiger partial charge in [0.2, 0.25) is 5.79 Å². The zero-order valence-electron chi connectivity index (χ0n) is 13.8. The summed E-state index contributed by atoms with van der Waals surface area (Å²) in [6, 6.07) is 0. The second-order valence-electron chi connectivity index (χ2n) is 6.86. The van der Waals surface area contributed by atoms with Gasteiger partial charge in [-0.3, -0.25) is 4.79 Å². The van der Waals surface area contributed by atoms with Crippen LogP contribution in [0, 0.1) is 11.8 Å². The molecule has 0 aromatic heterocycles. The molecule has 1 unspecified atom stereocenters. The monoisotopic (exact) mass is 286 g/mol. The van der Waals surface area contributed by atoms with Gasteiger partial charge in [0.15, 0.2) is 0 Å². The molecule has 20 heavy (non-hydrogen) atoms. The molecule has 0 spiro atoms. The normalized spacial score (nSPS) is 18.9. The lowest BCUT2D eigenvalue weighted by Crippen LogP contribution is -2.36. The second kappa shape index (κ2) is 6.90. The van der Waals surface area contributed by atoms with Crippen molar-refractivity contribution in [2.24, 2.45) is 11.8 Å². The van der Waals surface area contributed by atoms with Crippen molar-refractivity contribution in [3.63, 3.8) is 0 Å². The fourth-order valence-corrected chi connectivity index (χ4v) is 1.88. The summed E-state index contributed by atoms with van der Waals surface area (Å²) in [6.45, 7) is 12.1. The van der Waals surface area contributed by atoms with Crippen LogP contribution >= 0.6 is 0 Å². The molecule has 1 fully saturated rings. The first-order chi connectivity index (χ1) is 9.20. The Labute approximate surface area is 123 Å². The van der Waals surface area contributed by atoms with Gasteiger partial charge < -0.3 is 4.74 Å². The van der Waals surface area contributed by atoms with Gasteiger partial charge in [-0.2, -0.15) is 9.78 Å². The maximum absolute atomic E-state index is 12.4. The van der Waals surface area contributed by atoms with E-state index in [1.54, 1.807) is 0 Å². The summed E-state index contributed by atoms with van der Waals surface area (Å²) in [5.74, 6) is -0.317. The molecular weight excluding hydrogens is 256 g/mol. The van der Waals surface area contributed by atoms with E-state index in [0.29, 0.717) is 5.92 Å². The van der Waals surface area contributed by atoms with Gasteiger partial charge in [-0.05, 0) is 39.5 Å². The molecule has 4 heteroatoms. The van der Waals surface area contributed by atoms with Crippen LogP contribution in [0.3, 0.4) is 0 Å². The Morgan fingerprint density at radius 2 is 1.85 bits per heavy atom.